The van der Waals surface area contributed by atoms with Gasteiger partial charge in [-0.3, -0.25) is 0 Å². The number of methoxy groups -OCH3 is 1. The third-order valence-electron chi connectivity index (χ3n) is 3.25. The topological polar surface area (TPSA) is 33.3 Å². The molecule has 0 radical (unpaired) electrons. The summed E-state index contributed by atoms with van der Waals surface area (Å²) >= 11 is 0. The Morgan fingerprint density at radius 2 is 2.12 bits per heavy atom. The van der Waals surface area contributed by atoms with Crippen LogP contribution in [0.3, 0.4) is 0 Å². The Kier molecular flexibility index (Phi) is 3.34. The summed E-state index contributed by atoms with van der Waals surface area (Å²) in [7, 11) is 3.72. The monoisotopic (exact) mass is 220 g/mol. The van der Waals surface area contributed by atoms with Crippen LogP contribution in [-0.2, 0) is 0 Å². The Labute approximate surface area is 97.2 Å². The predicted molar refractivity (Wildman–Crippen MR) is 67.1 cm³/mol. The molecule has 1 saturated carbocycles. The van der Waals surface area contributed by atoms with Crippen LogP contribution in [0.2, 0.25) is 0 Å². The van der Waals surface area contributed by atoms with Gasteiger partial charge in [-0.2, -0.15) is 0 Å². The van der Waals surface area contributed by atoms with E-state index in [1.54, 1.807) is 7.11 Å². The molecule has 0 amide bonds. The normalized spacial score (nSPS) is 16.9. The third kappa shape index (κ3) is 2.67. The van der Waals surface area contributed by atoms with Crippen LogP contribution in [0, 0.1) is 5.41 Å². The molecular formula is C13H20N2O. The minimum Gasteiger partial charge on any atom is -0.497 e. The third-order valence-corrected chi connectivity index (χ3v) is 3.25. The molecule has 1 aromatic carbocycles. The first-order chi connectivity index (χ1) is 7.78. The lowest BCUT2D eigenvalue weighted by Crippen LogP contribution is -2.26. The molecule has 88 valence electrons. The standard InChI is InChI=1S/C13H20N2O/c1-14-9-13(6-7-13)10-15-11-4-3-5-12(8-11)16-2/h3-5,8,14-15H,6-7,9-10H2,1-2H3. The number of benzene rings is 1. The van der Waals surface area contributed by atoms with Gasteiger partial charge in [0.1, 0.15) is 5.75 Å². The SMILES string of the molecule is CNCC1(CNc2cccc(OC)c2)CC1. The highest BCUT2D eigenvalue weighted by Crippen LogP contribution is 2.44. The van der Waals surface area contributed by atoms with E-state index in [0.29, 0.717) is 5.41 Å². The lowest BCUT2D eigenvalue weighted by molar-refractivity contribution is 0.415. The first kappa shape index (κ1) is 11.3. The molecule has 0 aromatic heterocycles. The fourth-order valence-electron chi connectivity index (χ4n) is 1.99. The molecule has 0 unspecified atom stereocenters. The highest BCUT2D eigenvalue weighted by atomic mass is 16.5. The molecule has 1 fully saturated rings. The molecule has 0 heterocycles. The summed E-state index contributed by atoms with van der Waals surface area (Å²) in [5, 5.41) is 6.75. The maximum atomic E-state index is 5.20. The van der Waals surface area contributed by atoms with Crippen molar-refractivity contribution in [1.82, 2.24) is 5.32 Å². The number of hydrogen-bond acceptors (Lipinski definition) is 3. The van der Waals surface area contributed by atoms with Crippen LogP contribution in [0.5, 0.6) is 5.75 Å². The van der Waals surface area contributed by atoms with E-state index in [1.807, 2.05) is 25.2 Å². The molecule has 2 rings (SSSR count). The van der Waals surface area contributed by atoms with E-state index >= 15 is 0 Å². The van der Waals surface area contributed by atoms with E-state index in [1.165, 1.54) is 12.8 Å². The lowest BCUT2D eigenvalue weighted by atomic mass is 10.1. The minimum atomic E-state index is 0.484. The van der Waals surface area contributed by atoms with Gasteiger partial charge < -0.3 is 15.4 Å². The van der Waals surface area contributed by atoms with Gasteiger partial charge in [-0.1, -0.05) is 6.07 Å². The number of ether oxygens (including phenoxy) is 1. The lowest BCUT2D eigenvalue weighted by Gasteiger charge is -2.16. The Bertz CT molecular complexity index is 348. The molecule has 1 aliphatic carbocycles. The van der Waals surface area contributed by atoms with E-state index in [4.69, 9.17) is 4.74 Å². The maximum absolute atomic E-state index is 5.20. The van der Waals surface area contributed by atoms with Crippen LogP contribution in [0.4, 0.5) is 5.69 Å². The van der Waals surface area contributed by atoms with Gasteiger partial charge in [0.05, 0.1) is 7.11 Å². The van der Waals surface area contributed by atoms with Crippen molar-refractivity contribution in [2.75, 3.05) is 32.6 Å². The van der Waals surface area contributed by atoms with Gasteiger partial charge in [0.25, 0.3) is 0 Å². The molecule has 0 aliphatic heterocycles. The van der Waals surface area contributed by atoms with Gasteiger partial charge in [0.15, 0.2) is 0 Å². The molecule has 1 aromatic rings. The van der Waals surface area contributed by atoms with Crippen molar-refractivity contribution in [1.29, 1.82) is 0 Å². The number of anilines is 1. The van der Waals surface area contributed by atoms with Gasteiger partial charge in [0, 0.05) is 30.3 Å². The highest BCUT2D eigenvalue weighted by Gasteiger charge is 2.41. The molecule has 16 heavy (non-hydrogen) atoms. The summed E-state index contributed by atoms with van der Waals surface area (Å²) in [5.41, 5.74) is 1.62. The summed E-state index contributed by atoms with van der Waals surface area (Å²) in [5.74, 6) is 0.906. The number of rotatable bonds is 6. The van der Waals surface area contributed by atoms with Crippen LogP contribution >= 0.6 is 0 Å². The average molecular weight is 220 g/mol. The van der Waals surface area contributed by atoms with Gasteiger partial charge in [-0.15, -0.1) is 0 Å². The summed E-state index contributed by atoms with van der Waals surface area (Å²) in [4.78, 5) is 0. The van der Waals surface area contributed by atoms with Crippen molar-refractivity contribution in [3.8, 4) is 5.75 Å². The van der Waals surface area contributed by atoms with Gasteiger partial charge >= 0.3 is 0 Å². The van der Waals surface area contributed by atoms with Crippen molar-refractivity contribution in [2.24, 2.45) is 5.41 Å². The van der Waals surface area contributed by atoms with Gasteiger partial charge in [-0.25, -0.2) is 0 Å². The summed E-state index contributed by atoms with van der Waals surface area (Å²) in [6.07, 6.45) is 2.65. The van der Waals surface area contributed by atoms with E-state index in [2.05, 4.69) is 16.7 Å². The maximum Gasteiger partial charge on any atom is 0.120 e. The Hall–Kier alpha value is -1.22. The molecule has 2 N–H and O–H groups in total. The molecule has 0 bridgehead atoms. The number of nitrogens with one attached hydrogen (secondary N) is 2. The Morgan fingerprint density at radius 3 is 2.75 bits per heavy atom. The van der Waals surface area contributed by atoms with E-state index in [9.17, 15) is 0 Å². The van der Waals surface area contributed by atoms with Crippen molar-refractivity contribution in [3.05, 3.63) is 24.3 Å². The first-order valence-corrected chi connectivity index (χ1v) is 5.81. The Balaban J connectivity index is 1.89. The first-order valence-electron chi connectivity index (χ1n) is 5.81. The zero-order chi connectivity index (χ0) is 11.4. The van der Waals surface area contributed by atoms with Gasteiger partial charge in [-0.05, 0) is 32.0 Å². The fraction of sp³-hybridized carbons (Fsp3) is 0.538. The average Bonchev–Trinajstić information content (AvgIpc) is 3.08. The van der Waals surface area contributed by atoms with E-state index in [0.717, 1.165) is 24.5 Å². The second-order valence-corrected chi connectivity index (χ2v) is 4.62. The summed E-state index contributed by atoms with van der Waals surface area (Å²) in [6, 6.07) is 8.10. The molecule has 0 atom stereocenters. The quantitative estimate of drug-likeness (QED) is 0.770. The second kappa shape index (κ2) is 4.74. The smallest absolute Gasteiger partial charge is 0.120 e. The van der Waals surface area contributed by atoms with Crippen molar-refractivity contribution < 1.29 is 4.74 Å². The largest absolute Gasteiger partial charge is 0.497 e. The molecule has 0 saturated heterocycles. The van der Waals surface area contributed by atoms with Crippen LogP contribution in [0.15, 0.2) is 24.3 Å². The zero-order valence-corrected chi connectivity index (χ0v) is 10.0. The van der Waals surface area contributed by atoms with Crippen molar-refractivity contribution in [2.45, 2.75) is 12.8 Å². The molecule has 0 spiro atoms. The Morgan fingerprint density at radius 1 is 1.31 bits per heavy atom. The predicted octanol–water partition coefficient (Wildman–Crippen LogP) is 2.11. The number of hydrogen-bond donors (Lipinski definition) is 2. The van der Waals surface area contributed by atoms with Crippen LogP contribution < -0.4 is 15.4 Å². The van der Waals surface area contributed by atoms with E-state index in [-0.39, 0.29) is 0 Å². The fourth-order valence-corrected chi connectivity index (χ4v) is 1.99. The minimum absolute atomic E-state index is 0.484. The van der Waals surface area contributed by atoms with Crippen LogP contribution in [-0.4, -0.2) is 27.2 Å². The zero-order valence-electron chi connectivity index (χ0n) is 10.0. The van der Waals surface area contributed by atoms with Crippen molar-refractivity contribution in [3.63, 3.8) is 0 Å². The van der Waals surface area contributed by atoms with Crippen LogP contribution in [0.25, 0.3) is 0 Å². The second-order valence-electron chi connectivity index (χ2n) is 4.62. The summed E-state index contributed by atoms with van der Waals surface area (Å²) in [6.45, 7) is 2.14. The molecule has 3 heteroatoms. The summed E-state index contributed by atoms with van der Waals surface area (Å²) < 4.78 is 5.20. The molecule has 1 aliphatic rings. The highest BCUT2D eigenvalue weighted by molar-refractivity contribution is 5.48. The molecule has 3 nitrogen and oxygen atoms in total. The van der Waals surface area contributed by atoms with Crippen molar-refractivity contribution >= 4 is 5.69 Å². The van der Waals surface area contributed by atoms with Gasteiger partial charge in [0.2, 0.25) is 0 Å². The van der Waals surface area contributed by atoms with E-state index < -0.39 is 0 Å². The van der Waals surface area contributed by atoms with Crippen LogP contribution in [0.1, 0.15) is 12.8 Å². The molecular weight excluding hydrogens is 200 g/mol.